The van der Waals surface area contributed by atoms with Crippen molar-refractivity contribution >= 4 is 0 Å². The smallest absolute Gasteiger partial charge is 0.0545 e. The summed E-state index contributed by atoms with van der Waals surface area (Å²) < 4.78 is 0. The lowest BCUT2D eigenvalue weighted by molar-refractivity contribution is 0.0680. The average Bonchev–Trinajstić information content (AvgIpc) is 1.59. The molecule has 0 radical (unpaired) electrons. The van der Waals surface area contributed by atoms with E-state index < -0.39 is 0 Å². The Kier molecular flexibility index (Phi) is 3.95. The second kappa shape index (κ2) is 3.97. The van der Waals surface area contributed by atoms with Crippen molar-refractivity contribution in [1.29, 1.82) is 0 Å². The summed E-state index contributed by atoms with van der Waals surface area (Å²) in [6.07, 6.45) is -0.167. The molecular weight excluding hydrogens is 124 g/mol. The van der Waals surface area contributed by atoms with Gasteiger partial charge in [0.25, 0.3) is 0 Å². The summed E-state index contributed by atoms with van der Waals surface area (Å²) in [7, 11) is 0. The van der Waals surface area contributed by atoms with Gasteiger partial charge in [-0.1, -0.05) is 27.7 Å². The van der Waals surface area contributed by atoms with Crippen LogP contribution in [0.4, 0.5) is 0 Å². The van der Waals surface area contributed by atoms with Crippen molar-refractivity contribution in [2.24, 2.45) is 17.8 Å². The van der Waals surface area contributed by atoms with Gasteiger partial charge in [-0.05, 0) is 24.7 Å². The topological polar surface area (TPSA) is 20.2 Å². The molecular formula is C9H20O. The van der Waals surface area contributed by atoms with E-state index in [2.05, 4.69) is 27.7 Å². The van der Waals surface area contributed by atoms with Crippen LogP contribution in [0.2, 0.25) is 0 Å². The Morgan fingerprint density at radius 3 is 1.10 bits per heavy atom. The predicted molar refractivity (Wildman–Crippen MR) is 44.8 cm³/mol. The summed E-state index contributed by atoms with van der Waals surface area (Å²) in [6, 6.07) is 0. The largest absolute Gasteiger partial charge is 0.393 e. The molecule has 0 bridgehead atoms. The van der Waals surface area contributed by atoms with Crippen LogP contribution in [-0.2, 0) is 0 Å². The number of aliphatic hydroxyl groups excluding tert-OH is 1. The maximum atomic E-state index is 9.35. The molecule has 10 heavy (non-hydrogen) atoms. The van der Waals surface area contributed by atoms with E-state index in [0.717, 1.165) is 0 Å². The van der Waals surface area contributed by atoms with Crippen LogP contribution < -0.4 is 0 Å². The van der Waals surface area contributed by atoms with Crippen LogP contribution in [0.5, 0.6) is 0 Å². The highest BCUT2D eigenvalue weighted by atomic mass is 16.3. The lowest BCUT2D eigenvalue weighted by Crippen LogP contribution is -2.27. The van der Waals surface area contributed by atoms with Gasteiger partial charge in [0, 0.05) is 0 Å². The van der Waals surface area contributed by atoms with Gasteiger partial charge in [-0.2, -0.15) is 0 Å². The number of aliphatic hydroxyl groups is 1. The standard InChI is InChI=1S/C9H20O/c1-6(2)9(7(3)4)8(5)10/h6-10H,1-5H3. The Labute approximate surface area is 64.5 Å². The Morgan fingerprint density at radius 1 is 0.800 bits per heavy atom. The number of rotatable bonds is 3. The van der Waals surface area contributed by atoms with E-state index in [4.69, 9.17) is 0 Å². The van der Waals surface area contributed by atoms with Gasteiger partial charge in [-0.15, -0.1) is 0 Å². The summed E-state index contributed by atoms with van der Waals surface area (Å²) in [5.41, 5.74) is 0. The fourth-order valence-electron chi connectivity index (χ4n) is 1.88. The van der Waals surface area contributed by atoms with E-state index in [1.165, 1.54) is 0 Å². The van der Waals surface area contributed by atoms with Crippen LogP contribution in [0.15, 0.2) is 0 Å². The first-order valence-electron chi connectivity index (χ1n) is 4.14. The molecule has 1 atom stereocenters. The van der Waals surface area contributed by atoms with E-state index >= 15 is 0 Å². The van der Waals surface area contributed by atoms with E-state index in [1.807, 2.05) is 6.92 Å². The highest BCUT2D eigenvalue weighted by Gasteiger charge is 2.21. The van der Waals surface area contributed by atoms with Crippen LogP contribution in [0, 0.1) is 17.8 Å². The quantitative estimate of drug-likeness (QED) is 0.644. The highest BCUT2D eigenvalue weighted by molar-refractivity contribution is 4.71. The van der Waals surface area contributed by atoms with Crippen LogP contribution in [0.3, 0.4) is 0 Å². The molecule has 0 saturated heterocycles. The molecule has 1 heteroatoms. The van der Waals surface area contributed by atoms with Gasteiger partial charge in [0.2, 0.25) is 0 Å². The second-order valence-electron chi connectivity index (χ2n) is 3.81. The minimum absolute atomic E-state index is 0.167. The number of hydrogen-bond donors (Lipinski definition) is 1. The van der Waals surface area contributed by atoms with Gasteiger partial charge in [0.1, 0.15) is 0 Å². The molecule has 0 fully saturated rings. The molecule has 0 aromatic carbocycles. The van der Waals surface area contributed by atoms with Crippen LogP contribution in [-0.4, -0.2) is 11.2 Å². The van der Waals surface area contributed by atoms with Gasteiger partial charge in [0.05, 0.1) is 6.10 Å². The van der Waals surface area contributed by atoms with Crippen molar-refractivity contribution in [3.8, 4) is 0 Å². The summed E-state index contributed by atoms with van der Waals surface area (Å²) >= 11 is 0. The average molecular weight is 144 g/mol. The van der Waals surface area contributed by atoms with E-state index in [1.54, 1.807) is 0 Å². The summed E-state index contributed by atoms with van der Waals surface area (Å²) in [6.45, 7) is 10.5. The molecule has 0 aromatic heterocycles. The third-order valence-corrected chi connectivity index (χ3v) is 2.10. The fraction of sp³-hybridized carbons (Fsp3) is 1.00. The molecule has 62 valence electrons. The first-order chi connectivity index (χ1) is 4.46. The molecule has 0 spiro atoms. The molecule has 0 heterocycles. The Balaban J connectivity index is 3.98. The van der Waals surface area contributed by atoms with Crippen molar-refractivity contribution in [3.05, 3.63) is 0 Å². The van der Waals surface area contributed by atoms with Crippen LogP contribution in [0.25, 0.3) is 0 Å². The van der Waals surface area contributed by atoms with Gasteiger partial charge in [-0.25, -0.2) is 0 Å². The third kappa shape index (κ3) is 2.70. The molecule has 0 rings (SSSR count). The van der Waals surface area contributed by atoms with E-state index in [0.29, 0.717) is 17.8 Å². The molecule has 0 aliphatic carbocycles. The van der Waals surface area contributed by atoms with Crippen molar-refractivity contribution in [2.75, 3.05) is 0 Å². The first kappa shape index (κ1) is 9.96. The van der Waals surface area contributed by atoms with Crippen molar-refractivity contribution in [2.45, 2.75) is 40.7 Å². The maximum absolute atomic E-state index is 9.35. The zero-order valence-corrected chi connectivity index (χ0v) is 7.76. The van der Waals surface area contributed by atoms with Gasteiger partial charge >= 0.3 is 0 Å². The van der Waals surface area contributed by atoms with Crippen LogP contribution in [0.1, 0.15) is 34.6 Å². The normalized spacial score (nSPS) is 15.3. The van der Waals surface area contributed by atoms with Gasteiger partial charge < -0.3 is 5.11 Å². The van der Waals surface area contributed by atoms with E-state index in [9.17, 15) is 5.11 Å². The molecule has 0 aromatic rings. The minimum Gasteiger partial charge on any atom is -0.393 e. The zero-order chi connectivity index (χ0) is 8.31. The Morgan fingerprint density at radius 2 is 1.10 bits per heavy atom. The summed E-state index contributed by atoms with van der Waals surface area (Å²) in [4.78, 5) is 0. The van der Waals surface area contributed by atoms with Crippen LogP contribution >= 0.6 is 0 Å². The SMILES string of the molecule is CC(C)C(C(C)C)C(C)O. The lowest BCUT2D eigenvalue weighted by atomic mass is 9.82. The Hall–Kier alpha value is -0.0400. The zero-order valence-electron chi connectivity index (χ0n) is 7.76. The predicted octanol–water partition coefficient (Wildman–Crippen LogP) is 2.30. The van der Waals surface area contributed by atoms with E-state index in [-0.39, 0.29) is 6.10 Å². The molecule has 0 saturated carbocycles. The fourth-order valence-corrected chi connectivity index (χ4v) is 1.88. The van der Waals surface area contributed by atoms with Crippen molar-refractivity contribution in [3.63, 3.8) is 0 Å². The minimum atomic E-state index is -0.167. The molecule has 0 amide bonds. The molecule has 0 aliphatic rings. The van der Waals surface area contributed by atoms with Gasteiger partial charge in [-0.3, -0.25) is 0 Å². The number of hydrogen-bond acceptors (Lipinski definition) is 1. The molecule has 0 aliphatic heterocycles. The summed E-state index contributed by atoms with van der Waals surface area (Å²) in [5, 5.41) is 9.35. The second-order valence-corrected chi connectivity index (χ2v) is 3.81. The maximum Gasteiger partial charge on any atom is 0.0545 e. The Bertz CT molecular complexity index is 65.7. The first-order valence-corrected chi connectivity index (χ1v) is 4.14. The highest BCUT2D eigenvalue weighted by Crippen LogP contribution is 2.23. The molecule has 1 N–H and O–H groups in total. The van der Waals surface area contributed by atoms with Crippen molar-refractivity contribution < 1.29 is 5.11 Å². The van der Waals surface area contributed by atoms with Gasteiger partial charge in [0.15, 0.2) is 0 Å². The van der Waals surface area contributed by atoms with Crippen molar-refractivity contribution in [1.82, 2.24) is 0 Å². The summed E-state index contributed by atoms with van der Waals surface area (Å²) in [5.74, 6) is 1.61. The molecule has 1 nitrogen and oxygen atoms in total. The lowest BCUT2D eigenvalue weighted by Gasteiger charge is -2.27. The third-order valence-electron chi connectivity index (χ3n) is 2.10. The monoisotopic (exact) mass is 144 g/mol. The molecule has 1 unspecified atom stereocenters.